The molecule has 4 heteroatoms. The van der Waals surface area contributed by atoms with Crippen LogP contribution in [0.2, 0.25) is 0 Å². The van der Waals surface area contributed by atoms with Gasteiger partial charge in [0.05, 0.1) is 18.1 Å². The molecule has 1 aromatic carbocycles. The Kier molecular flexibility index (Phi) is 5.16. The maximum Gasteiger partial charge on any atom is 0.124 e. The monoisotopic (exact) mass is 278 g/mol. The number of benzene rings is 1. The first-order chi connectivity index (χ1) is 9.24. The third-order valence-electron chi connectivity index (χ3n) is 3.71. The molecule has 0 aliphatic carbocycles. The van der Waals surface area contributed by atoms with Gasteiger partial charge in [0.1, 0.15) is 5.75 Å². The van der Waals surface area contributed by atoms with Crippen LogP contribution in [0.15, 0.2) is 24.3 Å². The molecule has 1 aromatic rings. The summed E-state index contributed by atoms with van der Waals surface area (Å²) in [6.07, 6.45) is 5.03. The molecule has 1 saturated heterocycles. The molecule has 1 atom stereocenters. The van der Waals surface area contributed by atoms with Gasteiger partial charge in [-0.15, -0.1) is 0 Å². The summed E-state index contributed by atoms with van der Waals surface area (Å²) < 4.78 is 5.46. The quantitative estimate of drug-likeness (QED) is 0.860. The molecule has 1 aliphatic rings. The van der Waals surface area contributed by atoms with Gasteiger partial charge >= 0.3 is 0 Å². The Hall–Kier alpha value is -1.13. The molecule has 3 nitrogen and oxygen atoms in total. The number of rotatable bonds is 4. The zero-order valence-electron chi connectivity index (χ0n) is 11.5. The number of nitrogens with two attached hydrogens (primary N) is 1. The van der Waals surface area contributed by atoms with Gasteiger partial charge in [0, 0.05) is 5.56 Å². The smallest absolute Gasteiger partial charge is 0.124 e. The molecular weight excluding hydrogens is 256 g/mol. The molecule has 2 rings (SSSR count). The van der Waals surface area contributed by atoms with Gasteiger partial charge in [-0.1, -0.05) is 43.3 Å². The maximum absolute atomic E-state index is 6.01. The molecule has 2 N–H and O–H groups in total. The van der Waals surface area contributed by atoms with Crippen molar-refractivity contribution in [3.63, 3.8) is 0 Å². The lowest BCUT2D eigenvalue weighted by Gasteiger charge is -2.31. The van der Waals surface area contributed by atoms with E-state index < -0.39 is 0 Å². The van der Waals surface area contributed by atoms with Gasteiger partial charge in [-0.25, -0.2) is 0 Å². The SMILES string of the molecule is COc1ccccc1C(C(N)=S)N1CCCCCC1. The molecule has 0 saturated carbocycles. The summed E-state index contributed by atoms with van der Waals surface area (Å²) in [5.74, 6) is 0.865. The van der Waals surface area contributed by atoms with E-state index >= 15 is 0 Å². The first-order valence-corrected chi connectivity index (χ1v) is 7.31. The van der Waals surface area contributed by atoms with E-state index in [9.17, 15) is 0 Å². The summed E-state index contributed by atoms with van der Waals surface area (Å²) in [5.41, 5.74) is 7.09. The molecule has 104 valence electrons. The second kappa shape index (κ2) is 6.87. The summed E-state index contributed by atoms with van der Waals surface area (Å²) in [6, 6.07) is 8.01. The molecule has 0 aromatic heterocycles. The topological polar surface area (TPSA) is 38.5 Å². The molecule has 0 amide bonds. The Labute approximate surface area is 120 Å². The van der Waals surface area contributed by atoms with E-state index in [1.165, 1.54) is 25.7 Å². The Bertz CT molecular complexity index is 428. The second-order valence-electron chi connectivity index (χ2n) is 5.00. The van der Waals surface area contributed by atoms with Crippen molar-refractivity contribution in [1.29, 1.82) is 0 Å². The van der Waals surface area contributed by atoms with Gasteiger partial charge in [-0.2, -0.15) is 0 Å². The Morgan fingerprint density at radius 3 is 2.42 bits per heavy atom. The van der Waals surface area contributed by atoms with E-state index in [2.05, 4.69) is 11.0 Å². The predicted molar refractivity (Wildman–Crippen MR) is 82.6 cm³/mol. The van der Waals surface area contributed by atoms with Crippen molar-refractivity contribution >= 4 is 17.2 Å². The summed E-state index contributed by atoms with van der Waals surface area (Å²) >= 11 is 5.31. The fourth-order valence-electron chi connectivity index (χ4n) is 2.78. The highest BCUT2D eigenvalue weighted by molar-refractivity contribution is 7.80. The zero-order chi connectivity index (χ0) is 13.7. The highest BCUT2D eigenvalue weighted by Gasteiger charge is 2.26. The lowest BCUT2D eigenvalue weighted by molar-refractivity contribution is 0.250. The molecule has 0 spiro atoms. The standard InChI is InChI=1S/C15H22N2OS/c1-18-13-9-5-4-8-12(13)14(15(16)19)17-10-6-2-3-7-11-17/h4-5,8-9,14H,2-3,6-7,10-11H2,1H3,(H2,16,19). The molecule has 0 radical (unpaired) electrons. The molecule has 1 fully saturated rings. The minimum Gasteiger partial charge on any atom is -0.496 e. The number of thiocarbonyl (C=S) groups is 1. The number of hydrogen-bond acceptors (Lipinski definition) is 3. The van der Waals surface area contributed by atoms with Crippen molar-refractivity contribution < 1.29 is 4.74 Å². The first-order valence-electron chi connectivity index (χ1n) is 6.90. The van der Waals surface area contributed by atoms with Crippen molar-refractivity contribution in [2.24, 2.45) is 5.73 Å². The number of nitrogens with zero attached hydrogens (tertiary/aromatic N) is 1. The van der Waals surface area contributed by atoms with Crippen LogP contribution in [-0.2, 0) is 0 Å². The zero-order valence-corrected chi connectivity index (χ0v) is 12.3. The Morgan fingerprint density at radius 1 is 1.21 bits per heavy atom. The van der Waals surface area contributed by atoms with Crippen LogP contribution in [0.5, 0.6) is 5.75 Å². The van der Waals surface area contributed by atoms with E-state index in [1.807, 2.05) is 18.2 Å². The van der Waals surface area contributed by atoms with Crippen LogP contribution in [0.4, 0.5) is 0 Å². The molecule has 19 heavy (non-hydrogen) atoms. The average molecular weight is 278 g/mol. The Balaban J connectivity index is 2.30. The minimum absolute atomic E-state index is 0.00995. The highest BCUT2D eigenvalue weighted by Crippen LogP contribution is 2.31. The van der Waals surface area contributed by atoms with Crippen LogP contribution < -0.4 is 10.5 Å². The van der Waals surface area contributed by atoms with Crippen molar-refractivity contribution in [3.05, 3.63) is 29.8 Å². The van der Waals surface area contributed by atoms with Crippen molar-refractivity contribution in [2.45, 2.75) is 31.7 Å². The van der Waals surface area contributed by atoms with E-state index in [0.717, 1.165) is 24.4 Å². The van der Waals surface area contributed by atoms with Crippen LogP contribution >= 0.6 is 12.2 Å². The highest BCUT2D eigenvalue weighted by atomic mass is 32.1. The molecule has 1 aliphatic heterocycles. The van der Waals surface area contributed by atoms with E-state index in [0.29, 0.717) is 4.99 Å². The predicted octanol–water partition coefficient (Wildman–Crippen LogP) is 2.90. The number of ether oxygens (including phenoxy) is 1. The summed E-state index contributed by atoms with van der Waals surface area (Å²) in [6.45, 7) is 2.11. The number of para-hydroxylation sites is 1. The lowest BCUT2D eigenvalue weighted by atomic mass is 10.0. The van der Waals surface area contributed by atoms with Crippen LogP contribution in [0.25, 0.3) is 0 Å². The van der Waals surface area contributed by atoms with Crippen LogP contribution in [-0.4, -0.2) is 30.1 Å². The molecule has 0 bridgehead atoms. The second-order valence-corrected chi connectivity index (χ2v) is 5.47. The largest absolute Gasteiger partial charge is 0.496 e. The fraction of sp³-hybridized carbons (Fsp3) is 0.533. The van der Waals surface area contributed by atoms with Gasteiger partial charge in [0.25, 0.3) is 0 Å². The van der Waals surface area contributed by atoms with Gasteiger partial charge in [0.2, 0.25) is 0 Å². The maximum atomic E-state index is 6.01. The van der Waals surface area contributed by atoms with Crippen molar-refractivity contribution in [3.8, 4) is 5.75 Å². The van der Waals surface area contributed by atoms with Crippen molar-refractivity contribution in [1.82, 2.24) is 4.90 Å². The summed E-state index contributed by atoms with van der Waals surface area (Å²) in [5, 5.41) is 0. The minimum atomic E-state index is -0.00995. The van der Waals surface area contributed by atoms with Crippen molar-refractivity contribution in [2.75, 3.05) is 20.2 Å². The molecule has 1 heterocycles. The first kappa shape index (κ1) is 14.3. The van der Waals surface area contributed by atoms with E-state index in [1.54, 1.807) is 7.11 Å². The third kappa shape index (κ3) is 3.45. The van der Waals surface area contributed by atoms with Gasteiger partial charge in [-0.05, 0) is 32.0 Å². The van der Waals surface area contributed by atoms with Crippen LogP contribution in [0.1, 0.15) is 37.3 Å². The van der Waals surface area contributed by atoms with E-state index in [-0.39, 0.29) is 6.04 Å². The lowest BCUT2D eigenvalue weighted by Crippen LogP contribution is -2.37. The van der Waals surface area contributed by atoms with Gasteiger partial charge < -0.3 is 10.5 Å². The number of likely N-dealkylation sites (tertiary alicyclic amines) is 1. The molecular formula is C15H22N2OS. The molecule has 1 unspecified atom stereocenters. The van der Waals surface area contributed by atoms with Gasteiger partial charge in [0.15, 0.2) is 0 Å². The normalized spacial score (nSPS) is 18.6. The number of methoxy groups -OCH3 is 1. The fourth-order valence-corrected chi connectivity index (χ4v) is 3.05. The summed E-state index contributed by atoms with van der Waals surface area (Å²) in [4.78, 5) is 2.93. The Morgan fingerprint density at radius 2 is 1.84 bits per heavy atom. The summed E-state index contributed by atoms with van der Waals surface area (Å²) in [7, 11) is 1.69. The van der Waals surface area contributed by atoms with Crippen LogP contribution in [0.3, 0.4) is 0 Å². The third-order valence-corrected chi connectivity index (χ3v) is 3.93. The van der Waals surface area contributed by atoms with Gasteiger partial charge in [-0.3, -0.25) is 4.90 Å². The average Bonchev–Trinajstić information content (AvgIpc) is 2.68. The van der Waals surface area contributed by atoms with E-state index in [4.69, 9.17) is 22.7 Å². The number of hydrogen-bond donors (Lipinski definition) is 1. The van der Waals surface area contributed by atoms with Crippen LogP contribution in [0, 0.1) is 0 Å².